The normalized spacial score (nSPS) is 22.5. The zero-order valence-corrected chi connectivity index (χ0v) is 14.9. The molecule has 0 unspecified atom stereocenters. The summed E-state index contributed by atoms with van der Waals surface area (Å²) in [6.07, 6.45) is 5.61. The molecule has 0 N–H and O–H groups in total. The third-order valence-corrected chi connectivity index (χ3v) is 7.72. The molecule has 116 valence electrons. The largest absolute Gasteiger partial charge is 0.0746 e. The average Bonchev–Trinajstić information content (AvgIpc) is 2.55. The molecule has 0 nitrogen and oxygen atoms in total. The lowest BCUT2D eigenvalue weighted by Crippen LogP contribution is -2.27. The van der Waals surface area contributed by atoms with Gasteiger partial charge in [0.15, 0.2) is 0 Å². The summed E-state index contributed by atoms with van der Waals surface area (Å²) in [6.45, 7) is 7.22. The molecular formula is C21H27P. The molecule has 0 amide bonds. The van der Waals surface area contributed by atoms with Crippen molar-refractivity contribution in [2.24, 2.45) is 11.3 Å². The van der Waals surface area contributed by atoms with Crippen molar-refractivity contribution in [3.8, 4) is 11.1 Å². The van der Waals surface area contributed by atoms with E-state index < -0.39 is 0 Å². The minimum atomic E-state index is 0.0150. The van der Waals surface area contributed by atoms with Gasteiger partial charge in [-0.2, -0.15) is 0 Å². The van der Waals surface area contributed by atoms with E-state index in [9.17, 15) is 0 Å². The van der Waals surface area contributed by atoms with Crippen molar-refractivity contribution in [1.29, 1.82) is 0 Å². The molecule has 3 rings (SSSR count). The Morgan fingerprint density at radius 3 is 2.05 bits per heavy atom. The summed E-state index contributed by atoms with van der Waals surface area (Å²) in [4.78, 5) is 0. The summed E-state index contributed by atoms with van der Waals surface area (Å²) >= 11 is 0. The van der Waals surface area contributed by atoms with Crippen LogP contribution in [0.3, 0.4) is 0 Å². The van der Waals surface area contributed by atoms with Crippen LogP contribution in [0.25, 0.3) is 11.1 Å². The zero-order valence-electron chi connectivity index (χ0n) is 14.0. The Morgan fingerprint density at radius 2 is 1.41 bits per heavy atom. The van der Waals surface area contributed by atoms with Crippen LogP contribution in [0.2, 0.25) is 0 Å². The predicted octanol–water partition coefficient (Wildman–Crippen LogP) is 5.92. The summed E-state index contributed by atoms with van der Waals surface area (Å²) in [5.41, 5.74) is 3.31. The van der Waals surface area contributed by atoms with Crippen molar-refractivity contribution in [2.75, 3.05) is 12.3 Å². The Kier molecular flexibility index (Phi) is 4.69. The number of hydrogen-bond donors (Lipinski definition) is 0. The molecule has 0 aromatic heterocycles. The van der Waals surface area contributed by atoms with Gasteiger partial charge in [-0.1, -0.05) is 83.3 Å². The highest BCUT2D eigenvalue weighted by atomic mass is 31.1. The second-order valence-corrected chi connectivity index (χ2v) is 9.97. The Bertz CT molecular complexity index is 601. The topological polar surface area (TPSA) is 0 Å². The van der Waals surface area contributed by atoms with Crippen LogP contribution in [0.4, 0.5) is 0 Å². The van der Waals surface area contributed by atoms with Crippen LogP contribution < -0.4 is 5.30 Å². The Morgan fingerprint density at radius 1 is 0.818 bits per heavy atom. The molecule has 2 aromatic rings. The second-order valence-electron chi connectivity index (χ2n) is 7.51. The Balaban J connectivity index is 1.82. The van der Waals surface area contributed by atoms with Crippen molar-refractivity contribution in [3.63, 3.8) is 0 Å². The monoisotopic (exact) mass is 310 g/mol. The summed E-state index contributed by atoms with van der Waals surface area (Å²) < 4.78 is 0. The van der Waals surface area contributed by atoms with Crippen LogP contribution >= 0.6 is 7.92 Å². The molecule has 0 spiro atoms. The van der Waals surface area contributed by atoms with Gasteiger partial charge in [0.1, 0.15) is 0 Å². The van der Waals surface area contributed by atoms with E-state index in [2.05, 4.69) is 75.4 Å². The van der Waals surface area contributed by atoms with E-state index in [4.69, 9.17) is 0 Å². The van der Waals surface area contributed by atoms with E-state index in [1.165, 1.54) is 36.3 Å². The van der Waals surface area contributed by atoms with E-state index in [0.29, 0.717) is 5.41 Å². The van der Waals surface area contributed by atoms with E-state index in [-0.39, 0.29) is 7.92 Å². The van der Waals surface area contributed by atoms with Crippen LogP contribution in [0, 0.1) is 11.3 Å². The van der Waals surface area contributed by atoms with Gasteiger partial charge in [-0.05, 0) is 52.9 Å². The Hall–Kier alpha value is -1.13. The van der Waals surface area contributed by atoms with Crippen molar-refractivity contribution in [2.45, 2.75) is 33.6 Å². The fourth-order valence-corrected chi connectivity index (χ4v) is 6.39. The quantitative estimate of drug-likeness (QED) is 0.604. The first-order valence-electron chi connectivity index (χ1n) is 8.45. The molecule has 2 aromatic carbocycles. The molecule has 1 heterocycles. The Labute approximate surface area is 136 Å². The minimum absolute atomic E-state index is 0.0150. The summed E-state index contributed by atoms with van der Waals surface area (Å²) in [6, 6.07) is 20.0. The molecule has 0 atom stereocenters. The van der Waals surface area contributed by atoms with E-state index >= 15 is 0 Å². The van der Waals surface area contributed by atoms with Gasteiger partial charge in [-0.15, -0.1) is 0 Å². The van der Waals surface area contributed by atoms with Crippen LogP contribution in [-0.4, -0.2) is 12.3 Å². The molecule has 0 aliphatic carbocycles. The molecular weight excluding hydrogens is 283 g/mol. The minimum Gasteiger partial charge on any atom is -0.0746 e. The fraction of sp³-hybridized carbons (Fsp3) is 0.429. The molecule has 1 fully saturated rings. The van der Waals surface area contributed by atoms with E-state index in [1.54, 1.807) is 5.30 Å². The standard InChI is InChI=1S/C21H27P/c1-21(2,3)18-13-15-22(16-14-18)20-12-8-7-11-19(20)17-9-5-4-6-10-17/h4-12,18H,13-16H2,1-3H3. The molecule has 1 aliphatic rings. The van der Waals surface area contributed by atoms with Gasteiger partial charge in [-0.3, -0.25) is 0 Å². The van der Waals surface area contributed by atoms with Crippen LogP contribution in [-0.2, 0) is 0 Å². The smallest absolute Gasteiger partial charge is 0.0107 e. The molecule has 1 heteroatoms. The lowest BCUT2D eigenvalue weighted by atomic mass is 9.77. The van der Waals surface area contributed by atoms with Crippen molar-refractivity contribution < 1.29 is 0 Å². The zero-order chi connectivity index (χ0) is 15.6. The lowest BCUT2D eigenvalue weighted by molar-refractivity contribution is 0.224. The van der Waals surface area contributed by atoms with Gasteiger partial charge < -0.3 is 0 Å². The number of rotatable bonds is 2. The maximum Gasteiger partial charge on any atom is -0.0107 e. The van der Waals surface area contributed by atoms with Gasteiger partial charge in [0, 0.05) is 0 Å². The van der Waals surface area contributed by atoms with Crippen molar-refractivity contribution in [3.05, 3.63) is 54.6 Å². The van der Waals surface area contributed by atoms with Crippen molar-refractivity contribution in [1.82, 2.24) is 0 Å². The van der Waals surface area contributed by atoms with Crippen LogP contribution in [0.1, 0.15) is 33.6 Å². The summed E-state index contributed by atoms with van der Waals surface area (Å²) in [5, 5.41) is 1.62. The fourth-order valence-electron chi connectivity index (χ4n) is 3.60. The van der Waals surface area contributed by atoms with E-state index in [0.717, 1.165) is 5.92 Å². The maximum atomic E-state index is 2.41. The molecule has 0 saturated carbocycles. The highest BCUT2D eigenvalue weighted by Crippen LogP contribution is 2.48. The number of hydrogen-bond acceptors (Lipinski definition) is 0. The highest BCUT2D eigenvalue weighted by molar-refractivity contribution is 7.66. The predicted molar refractivity (Wildman–Crippen MR) is 100 cm³/mol. The van der Waals surface area contributed by atoms with Gasteiger partial charge in [0.2, 0.25) is 0 Å². The van der Waals surface area contributed by atoms with Crippen LogP contribution in [0.5, 0.6) is 0 Å². The first-order valence-corrected chi connectivity index (χ1v) is 10.2. The summed E-state index contributed by atoms with van der Waals surface area (Å²) in [7, 11) is 0.0150. The van der Waals surface area contributed by atoms with Gasteiger partial charge in [0.25, 0.3) is 0 Å². The van der Waals surface area contributed by atoms with Gasteiger partial charge in [0.05, 0.1) is 0 Å². The SMILES string of the molecule is CC(C)(C)C1CCP(c2ccccc2-c2ccccc2)CC1. The van der Waals surface area contributed by atoms with Gasteiger partial charge in [-0.25, -0.2) is 0 Å². The van der Waals surface area contributed by atoms with Gasteiger partial charge >= 0.3 is 0 Å². The van der Waals surface area contributed by atoms with Crippen LogP contribution in [0.15, 0.2) is 54.6 Å². The maximum absolute atomic E-state index is 2.41. The molecule has 1 saturated heterocycles. The third-order valence-electron chi connectivity index (χ3n) is 5.05. The lowest BCUT2D eigenvalue weighted by Gasteiger charge is -2.37. The third kappa shape index (κ3) is 3.44. The van der Waals surface area contributed by atoms with Crippen molar-refractivity contribution >= 4 is 13.2 Å². The molecule has 1 aliphatic heterocycles. The highest BCUT2D eigenvalue weighted by Gasteiger charge is 2.30. The second kappa shape index (κ2) is 6.55. The molecule has 0 radical (unpaired) electrons. The molecule has 0 bridgehead atoms. The summed E-state index contributed by atoms with van der Waals surface area (Å²) in [5.74, 6) is 0.898. The first-order chi connectivity index (χ1) is 10.6. The number of benzene rings is 2. The first kappa shape index (κ1) is 15.8. The molecule has 22 heavy (non-hydrogen) atoms. The van der Waals surface area contributed by atoms with E-state index in [1.807, 2.05) is 0 Å². The average molecular weight is 310 g/mol.